The molecule has 24 heavy (non-hydrogen) atoms. The van der Waals surface area contributed by atoms with Gasteiger partial charge in [0.15, 0.2) is 5.16 Å². The largest absolute Gasteiger partial charge is 0.322 e. The molecule has 0 aliphatic heterocycles. The lowest BCUT2D eigenvalue weighted by Crippen LogP contribution is -2.15. The Labute approximate surface area is 143 Å². The Morgan fingerprint density at radius 1 is 1.12 bits per heavy atom. The lowest BCUT2D eigenvalue weighted by atomic mass is 10.3. The first kappa shape index (κ1) is 15.0. The average Bonchev–Trinajstić information content (AvgIpc) is 2.89. The van der Waals surface area contributed by atoms with E-state index in [0.29, 0.717) is 11.4 Å². The van der Waals surface area contributed by atoms with Crippen LogP contribution in [-0.4, -0.2) is 18.9 Å². The number of aromatic nitrogens is 4. The minimum Gasteiger partial charge on any atom is -0.322 e. The van der Waals surface area contributed by atoms with E-state index in [0.717, 1.165) is 27.4 Å². The van der Waals surface area contributed by atoms with Crippen molar-refractivity contribution in [3.63, 3.8) is 0 Å². The van der Waals surface area contributed by atoms with E-state index in [9.17, 15) is 4.79 Å². The highest BCUT2D eigenvalue weighted by Crippen LogP contribution is 2.25. The molecule has 3 aromatic heterocycles. The molecule has 4 rings (SSSR count). The van der Waals surface area contributed by atoms with Gasteiger partial charge in [0.1, 0.15) is 5.65 Å². The highest BCUT2D eigenvalue weighted by Gasteiger charge is 2.09. The summed E-state index contributed by atoms with van der Waals surface area (Å²) < 4.78 is 3.63. The van der Waals surface area contributed by atoms with Crippen LogP contribution in [0.4, 0.5) is 0 Å². The molecule has 0 unspecified atom stereocenters. The first-order valence-electron chi connectivity index (χ1n) is 7.65. The molecule has 0 aliphatic rings. The molecule has 0 amide bonds. The molecule has 0 bridgehead atoms. The Hall–Kier alpha value is -2.60. The van der Waals surface area contributed by atoms with Crippen LogP contribution in [0.1, 0.15) is 11.3 Å². The number of benzene rings is 1. The van der Waals surface area contributed by atoms with E-state index in [1.54, 1.807) is 28.4 Å². The number of hydrogen-bond donors (Lipinski definition) is 0. The summed E-state index contributed by atoms with van der Waals surface area (Å²) in [5.41, 5.74) is 4.56. The van der Waals surface area contributed by atoms with Crippen molar-refractivity contribution in [2.24, 2.45) is 7.05 Å². The number of para-hydroxylation sites is 2. The maximum Gasteiger partial charge on any atom is 0.258 e. The summed E-state index contributed by atoms with van der Waals surface area (Å²) in [5.74, 6) is 0.608. The van der Waals surface area contributed by atoms with E-state index in [1.807, 2.05) is 44.3 Å². The van der Waals surface area contributed by atoms with E-state index < -0.39 is 0 Å². The third-order valence-electron chi connectivity index (χ3n) is 3.97. The molecule has 3 heterocycles. The SMILES string of the molecule is Cc1ccn2c(=O)cc(CSc3nc4ccccc4n3C)nc2c1. The fraction of sp³-hybridized carbons (Fsp3) is 0.167. The normalized spacial score (nSPS) is 11.4. The van der Waals surface area contributed by atoms with Crippen LogP contribution in [0, 0.1) is 6.92 Å². The van der Waals surface area contributed by atoms with E-state index in [-0.39, 0.29) is 5.56 Å². The Bertz CT molecular complexity index is 1110. The molecule has 0 saturated heterocycles. The molecule has 1 aromatic carbocycles. The third kappa shape index (κ3) is 2.59. The van der Waals surface area contributed by atoms with Crippen molar-refractivity contribution in [3.8, 4) is 0 Å². The lowest BCUT2D eigenvalue weighted by Gasteiger charge is -2.05. The number of pyridine rings is 1. The van der Waals surface area contributed by atoms with Crippen molar-refractivity contribution < 1.29 is 0 Å². The number of imidazole rings is 1. The van der Waals surface area contributed by atoms with Crippen molar-refractivity contribution in [2.45, 2.75) is 17.8 Å². The summed E-state index contributed by atoms with van der Waals surface area (Å²) in [6.45, 7) is 1.99. The van der Waals surface area contributed by atoms with Crippen LogP contribution >= 0.6 is 11.8 Å². The van der Waals surface area contributed by atoms with Gasteiger partial charge in [-0.15, -0.1) is 0 Å². The molecule has 0 spiro atoms. The van der Waals surface area contributed by atoms with Crippen LogP contribution in [0.15, 0.2) is 58.6 Å². The molecule has 6 heteroatoms. The Morgan fingerprint density at radius 3 is 2.79 bits per heavy atom. The van der Waals surface area contributed by atoms with Gasteiger partial charge in [-0.1, -0.05) is 23.9 Å². The maximum atomic E-state index is 12.2. The molecule has 0 radical (unpaired) electrons. The second-order valence-corrected chi connectivity index (χ2v) is 6.69. The molecule has 0 saturated carbocycles. The van der Waals surface area contributed by atoms with E-state index in [4.69, 9.17) is 0 Å². The van der Waals surface area contributed by atoms with Crippen LogP contribution < -0.4 is 5.56 Å². The number of fused-ring (bicyclic) bond motifs is 2. The van der Waals surface area contributed by atoms with Gasteiger partial charge in [0.25, 0.3) is 5.56 Å². The fourth-order valence-electron chi connectivity index (χ4n) is 2.72. The lowest BCUT2D eigenvalue weighted by molar-refractivity contribution is 0.814. The van der Waals surface area contributed by atoms with Crippen LogP contribution in [0.25, 0.3) is 16.7 Å². The molecule has 4 aromatic rings. The highest BCUT2D eigenvalue weighted by atomic mass is 32.2. The minimum atomic E-state index is -0.0550. The molecular formula is C18H16N4OS. The van der Waals surface area contributed by atoms with Gasteiger partial charge in [-0.2, -0.15) is 0 Å². The molecule has 120 valence electrons. The summed E-state index contributed by atoms with van der Waals surface area (Å²) in [4.78, 5) is 21.5. The van der Waals surface area contributed by atoms with Crippen molar-refractivity contribution >= 4 is 28.4 Å². The van der Waals surface area contributed by atoms with Crippen molar-refractivity contribution in [1.29, 1.82) is 0 Å². The summed E-state index contributed by atoms with van der Waals surface area (Å²) >= 11 is 1.59. The second kappa shape index (κ2) is 5.79. The van der Waals surface area contributed by atoms with E-state index in [2.05, 4.69) is 20.6 Å². The second-order valence-electron chi connectivity index (χ2n) is 5.75. The van der Waals surface area contributed by atoms with Crippen molar-refractivity contribution in [2.75, 3.05) is 0 Å². The smallest absolute Gasteiger partial charge is 0.258 e. The monoisotopic (exact) mass is 336 g/mol. The maximum absolute atomic E-state index is 12.2. The number of aryl methyl sites for hydroxylation is 2. The van der Waals surface area contributed by atoms with Crippen LogP contribution in [0.3, 0.4) is 0 Å². The zero-order chi connectivity index (χ0) is 16.7. The molecule has 0 fully saturated rings. The summed E-state index contributed by atoms with van der Waals surface area (Å²) in [5, 5.41) is 0.919. The van der Waals surface area contributed by atoms with E-state index >= 15 is 0 Å². The number of hydrogen-bond acceptors (Lipinski definition) is 4. The summed E-state index contributed by atoms with van der Waals surface area (Å²) in [6.07, 6.45) is 1.77. The molecule has 0 N–H and O–H groups in total. The average molecular weight is 336 g/mol. The van der Waals surface area contributed by atoms with Crippen molar-refractivity contribution in [1.82, 2.24) is 18.9 Å². The van der Waals surface area contributed by atoms with Crippen LogP contribution in [0.5, 0.6) is 0 Å². The van der Waals surface area contributed by atoms with Gasteiger partial charge in [0.05, 0.1) is 16.7 Å². The van der Waals surface area contributed by atoms with Gasteiger partial charge >= 0.3 is 0 Å². The molecule has 0 atom stereocenters. The van der Waals surface area contributed by atoms with Crippen LogP contribution in [-0.2, 0) is 12.8 Å². The zero-order valence-corrected chi connectivity index (χ0v) is 14.2. The first-order chi connectivity index (χ1) is 11.6. The van der Waals surface area contributed by atoms with Gasteiger partial charge in [0, 0.05) is 25.1 Å². The summed E-state index contributed by atoms with van der Waals surface area (Å²) in [7, 11) is 2.00. The number of thioether (sulfide) groups is 1. The van der Waals surface area contributed by atoms with E-state index in [1.165, 1.54) is 0 Å². The van der Waals surface area contributed by atoms with Gasteiger partial charge in [-0.05, 0) is 36.8 Å². The molecular weight excluding hydrogens is 320 g/mol. The predicted octanol–water partition coefficient (Wildman–Crippen LogP) is 3.18. The van der Waals surface area contributed by atoms with Crippen molar-refractivity contribution in [3.05, 3.63) is 70.3 Å². The third-order valence-corrected chi connectivity index (χ3v) is 5.03. The standard InChI is InChI=1S/C18H16N4OS/c1-12-7-8-22-16(9-12)19-13(10-17(22)23)11-24-18-20-14-5-3-4-6-15(14)21(18)2/h3-10H,11H2,1-2H3. The molecule has 0 aliphatic carbocycles. The van der Waals surface area contributed by atoms with Gasteiger partial charge in [-0.3, -0.25) is 9.20 Å². The highest BCUT2D eigenvalue weighted by molar-refractivity contribution is 7.98. The van der Waals surface area contributed by atoms with Crippen LogP contribution in [0.2, 0.25) is 0 Å². The fourth-order valence-corrected chi connectivity index (χ4v) is 3.60. The summed E-state index contributed by atoms with van der Waals surface area (Å²) in [6, 6.07) is 13.5. The Kier molecular flexibility index (Phi) is 3.61. The predicted molar refractivity (Wildman–Crippen MR) is 96.5 cm³/mol. The first-order valence-corrected chi connectivity index (χ1v) is 8.63. The van der Waals surface area contributed by atoms with Gasteiger partial charge in [0.2, 0.25) is 0 Å². The Balaban J connectivity index is 1.66. The number of nitrogens with zero attached hydrogens (tertiary/aromatic N) is 4. The zero-order valence-electron chi connectivity index (χ0n) is 13.4. The topological polar surface area (TPSA) is 52.2 Å². The minimum absolute atomic E-state index is 0.0550. The number of rotatable bonds is 3. The van der Waals surface area contributed by atoms with Gasteiger partial charge < -0.3 is 4.57 Å². The molecule has 5 nitrogen and oxygen atoms in total. The Morgan fingerprint density at radius 2 is 1.96 bits per heavy atom. The van der Waals surface area contributed by atoms with Gasteiger partial charge in [-0.25, -0.2) is 9.97 Å². The quantitative estimate of drug-likeness (QED) is 0.539.